The predicted molar refractivity (Wildman–Crippen MR) is 157 cm³/mol. The molecule has 0 saturated carbocycles. The lowest BCUT2D eigenvalue weighted by molar-refractivity contribution is -0.118. The highest BCUT2D eigenvalue weighted by Crippen LogP contribution is 2.44. The number of halogens is 2. The van der Waals surface area contributed by atoms with Crippen molar-refractivity contribution in [2.45, 2.75) is 32.9 Å². The molecule has 5 rings (SSSR count). The lowest BCUT2D eigenvalue weighted by atomic mass is 10.0. The lowest BCUT2D eigenvalue weighted by Gasteiger charge is -2.27. The molecule has 0 radical (unpaired) electrons. The second-order valence-electron chi connectivity index (χ2n) is 9.47. The standard InChI is InChI=1S/C29H26Cl2N4O2S/c1-16(2)28(36)33-22-10-8-19(14-17(22)3)35-27(26(34-29(35)38)23-6-4-5-13-32-23)25-12-11-24(37-25)20-9-7-18(30)15-21(20)31/h4-16,26-27H,1-3H3,(H,33,36)(H,34,38). The fourth-order valence-electron chi connectivity index (χ4n) is 4.48. The number of amides is 1. The summed E-state index contributed by atoms with van der Waals surface area (Å²) in [5.41, 5.74) is 4.14. The van der Waals surface area contributed by atoms with Crippen molar-refractivity contribution in [3.05, 3.63) is 100.0 Å². The van der Waals surface area contributed by atoms with Crippen LogP contribution in [0.1, 0.15) is 42.9 Å². The topological polar surface area (TPSA) is 70.4 Å². The zero-order valence-corrected chi connectivity index (χ0v) is 23.4. The number of carbonyl (C=O) groups is 1. The van der Waals surface area contributed by atoms with Gasteiger partial charge < -0.3 is 20.0 Å². The van der Waals surface area contributed by atoms with E-state index in [9.17, 15) is 4.79 Å². The SMILES string of the molecule is Cc1cc(N2C(=S)NC(c3ccccn3)C2c2ccc(-c3ccc(Cl)cc3Cl)o2)ccc1NC(=O)C(C)C. The van der Waals surface area contributed by atoms with Crippen LogP contribution in [0, 0.1) is 12.8 Å². The number of thiocarbonyl (C=S) groups is 1. The van der Waals surface area contributed by atoms with E-state index in [-0.39, 0.29) is 23.9 Å². The van der Waals surface area contributed by atoms with Gasteiger partial charge in [0.2, 0.25) is 5.91 Å². The maximum atomic E-state index is 12.3. The third-order valence-electron chi connectivity index (χ3n) is 6.48. The highest BCUT2D eigenvalue weighted by molar-refractivity contribution is 7.80. The Hall–Kier alpha value is -3.39. The number of hydrogen-bond acceptors (Lipinski definition) is 4. The van der Waals surface area contributed by atoms with Crippen LogP contribution in [0.4, 0.5) is 11.4 Å². The smallest absolute Gasteiger partial charge is 0.226 e. The summed E-state index contributed by atoms with van der Waals surface area (Å²) in [6.45, 7) is 5.69. The van der Waals surface area contributed by atoms with Gasteiger partial charge in [0.25, 0.3) is 0 Å². The van der Waals surface area contributed by atoms with E-state index >= 15 is 0 Å². The fourth-order valence-corrected chi connectivity index (χ4v) is 5.33. The number of pyridine rings is 1. The Labute approximate surface area is 237 Å². The molecule has 2 N–H and O–H groups in total. The maximum absolute atomic E-state index is 12.3. The summed E-state index contributed by atoms with van der Waals surface area (Å²) in [5, 5.41) is 8.04. The van der Waals surface area contributed by atoms with Gasteiger partial charge in [-0.1, -0.05) is 43.1 Å². The van der Waals surface area contributed by atoms with Gasteiger partial charge in [-0.05, 0) is 85.4 Å². The van der Waals surface area contributed by atoms with Crippen LogP contribution in [-0.4, -0.2) is 16.0 Å². The van der Waals surface area contributed by atoms with Crippen LogP contribution in [-0.2, 0) is 4.79 Å². The molecular formula is C29H26Cl2N4O2S. The maximum Gasteiger partial charge on any atom is 0.226 e. The highest BCUT2D eigenvalue weighted by atomic mass is 35.5. The summed E-state index contributed by atoms with van der Waals surface area (Å²) in [6, 6.07) is 20.2. The number of aryl methyl sites for hydroxylation is 1. The summed E-state index contributed by atoms with van der Waals surface area (Å²) in [4.78, 5) is 18.9. The first-order valence-electron chi connectivity index (χ1n) is 12.2. The molecular weight excluding hydrogens is 539 g/mol. The minimum Gasteiger partial charge on any atom is -0.459 e. The molecule has 1 amide bonds. The van der Waals surface area contributed by atoms with Crippen LogP contribution in [0.5, 0.6) is 0 Å². The molecule has 2 aromatic carbocycles. The van der Waals surface area contributed by atoms with Crippen LogP contribution >= 0.6 is 35.4 Å². The van der Waals surface area contributed by atoms with E-state index < -0.39 is 0 Å². The molecule has 2 unspecified atom stereocenters. The number of nitrogens with one attached hydrogen (secondary N) is 2. The predicted octanol–water partition coefficient (Wildman–Crippen LogP) is 7.73. The molecule has 0 spiro atoms. The van der Waals surface area contributed by atoms with E-state index in [1.807, 2.05) is 80.3 Å². The summed E-state index contributed by atoms with van der Waals surface area (Å²) >= 11 is 18.4. The molecule has 2 aromatic heterocycles. The van der Waals surface area contributed by atoms with Crippen molar-refractivity contribution in [2.75, 3.05) is 10.2 Å². The monoisotopic (exact) mass is 564 g/mol. The number of rotatable bonds is 6. The second-order valence-corrected chi connectivity index (χ2v) is 10.7. The van der Waals surface area contributed by atoms with Crippen LogP contribution in [0.3, 0.4) is 0 Å². The van der Waals surface area contributed by atoms with Gasteiger partial charge in [0.1, 0.15) is 17.6 Å². The van der Waals surface area contributed by atoms with Crippen molar-refractivity contribution in [1.82, 2.24) is 10.3 Å². The number of nitrogens with zero attached hydrogens (tertiary/aromatic N) is 2. The van der Waals surface area contributed by atoms with Crippen molar-refractivity contribution in [1.29, 1.82) is 0 Å². The summed E-state index contributed by atoms with van der Waals surface area (Å²) < 4.78 is 6.41. The van der Waals surface area contributed by atoms with E-state index in [0.29, 0.717) is 26.7 Å². The van der Waals surface area contributed by atoms with Gasteiger partial charge in [0.15, 0.2) is 5.11 Å². The molecule has 1 fully saturated rings. The van der Waals surface area contributed by atoms with Gasteiger partial charge in [-0.2, -0.15) is 0 Å². The van der Waals surface area contributed by atoms with E-state index in [1.54, 1.807) is 18.3 Å². The zero-order chi connectivity index (χ0) is 27.0. The quantitative estimate of drug-likeness (QED) is 0.233. The van der Waals surface area contributed by atoms with Gasteiger partial charge in [0, 0.05) is 34.1 Å². The average molecular weight is 566 g/mol. The molecule has 3 heterocycles. The third kappa shape index (κ3) is 5.14. The van der Waals surface area contributed by atoms with Gasteiger partial charge in [-0.15, -0.1) is 0 Å². The molecule has 9 heteroatoms. The van der Waals surface area contributed by atoms with E-state index in [4.69, 9.17) is 39.8 Å². The molecule has 4 aromatic rings. The summed E-state index contributed by atoms with van der Waals surface area (Å²) in [5.74, 6) is 1.18. The molecule has 2 atom stereocenters. The molecule has 194 valence electrons. The Morgan fingerprint density at radius 1 is 1.11 bits per heavy atom. The molecule has 38 heavy (non-hydrogen) atoms. The van der Waals surface area contributed by atoms with Crippen molar-refractivity contribution in [3.8, 4) is 11.3 Å². The van der Waals surface area contributed by atoms with Crippen molar-refractivity contribution in [3.63, 3.8) is 0 Å². The van der Waals surface area contributed by atoms with Gasteiger partial charge in [-0.3, -0.25) is 9.78 Å². The first-order valence-corrected chi connectivity index (χ1v) is 13.4. The van der Waals surface area contributed by atoms with E-state index in [1.165, 1.54) is 0 Å². The van der Waals surface area contributed by atoms with E-state index in [0.717, 1.165) is 28.2 Å². The zero-order valence-electron chi connectivity index (χ0n) is 21.0. The Balaban J connectivity index is 1.56. The van der Waals surface area contributed by atoms with Gasteiger partial charge in [0.05, 0.1) is 16.8 Å². The molecule has 6 nitrogen and oxygen atoms in total. The van der Waals surface area contributed by atoms with Crippen molar-refractivity contribution < 1.29 is 9.21 Å². The molecule has 0 bridgehead atoms. The van der Waals surface area contributed by atoms with Crippen LogP contribution in [0.2, 0.25) is 10.0 Å². The normalized spacial score (nSPS) is 17.1. The number of furan rings is 1. The van der Waals surface area contributed by atoms with Gasteiger partial charge in [-0.25, -0.2) is 0 Å². The minimum absolute atomic E-state index is 0.0312. The number of aromatic nitrogens is 1. The fraction of sp³-hybridized carbons (Fsp3) is 0.207. The number of benzene rings is 2. The van der Waals surface area contributed by atoms with E-state index in [2.05, 4.69) is 15.6 Å². The summed E-state index contributed by atoms with van der Waals surface area (Å²) in [6.07, 6.45) is 1.76. The lowest BCUT2D eigenvalue weighted by Crippen LogP contribution is -2.29. The Bertz CT molecular complexity index is 1510. The van der Waals surface area contributed by atoms with Gasteiger partial charge >= 0.3 is 0 Å². The van der Waals surface area contributed by atoms with Crippen LogP contribution < -0.4 is 15.5 Å². The first-order chi connectivity index (χ1) is 18.2. The Morgan fingerprint density at radius 2 is 1.92 bits per heavy atom. The van der Waals surface area contributed by atoms with Crippen LogP contribution in [0.25, 0.3) is 11.3 Å². The third-order valence-corrected chi connectivity index (χ3v) is 7.35. The number of hydrogen-bond donors (Lipinski definition) is 2. The number of anilines is 2. The Kier molecular flexibility index (Phi) is 7.43. The molecule has 0 aliphatic carbocycles. The molecule has 1 saturated heterocycles. The molecule has 1 aliphatic heterocycles. The average Bonchev–Trinajstić information content (AvgIpc) is 3.50. The second kappa shape index (κ2) is 10.8. The van der Waals surface area contributed by atoms with Crippen molar-refractivity contribution >= 4 is 57.8 Å². The largest absolute Gasteiger partial charge is 0.459 e. The minimum atomic E-state index is -0.326. The highest BCUT2D eigenvalue weighted by Gasteiger charge is 2.42. The number of carbonyl (C=O) groups excluding carboxylic acids is 1. The van der Waals surface area contributed by atoms with Crippen molar-refractivity contribution in [2.24, 2.45) is 5.92 Å². The summed E-state index contributed by atoms with van der Waals surface area (Å²) in [7, 11) is 0. The molecule has 1 aliphatic rings. The first kappa shape index (κ1) is 26.2. The Morgan fingerprint density at radius 3 is 2.61 bits per heavy atom. The van der Waals surface area contributed by atoms with Crippen LogP contribution in [0.15, 0.2) is 77.3 Å².